The summed E-state index contributed by atoms with van der Waals surface area (Å²) in [6, 6.07) is 3.84. The topological polar surface area (TPSA) is 29.5 Å². The lowest BCUT2D eigenvalue weighted by Gasteiger charge is -2.15. The molecule has 0 unspecified atom stereocenters. The van der Waals surface area contributed by atoms with Crippen LogP contribution in [0, 0.1) is 5.82 Å². The number of amides is 1. The van der Waals surface area contributed by atoms with Crippen LogP contribution in [0.25, 0.3) is 0 Å². The number of hydrogen-bond donors (Lipinski definition) is 0. The van der Waals surface area contributed by atoms with Crippen LogP contribution < -0.4 is 4.74 Å². The molecule has 0 N–H and O–H groups in total. The first-order valence-electron chi connectivity index (χ1n) is 5.52. The highest BCUT2D eigenvalue weighted by Gasteiger charge is 2.18. The second-order valence-electron chi connectivity index (χ2n) is 3.95. The Morgan fingerprint density at radius 3 is 2.82 bits per heavy atom. The van der Waals surface area contributed by atoms with Gasteiger partial charge in [-0.15, -0.1) is 0 Å². The standard InChI is InChI=1S/C12H13ClFNO2/c13-10-4-3-9(14)7-11(10)17-8-12(16)15-5-1-2-6-15/h3-4,7H,1-2,5-6,8H2. The molecule has 1 aromatic rings. The van der Waals surface area contributed by atoms with Crippen molar-refractivity contribution < 1.29 is 13.9 Å². The third-order valence-corrected chi connectivity index (χ3v) is 3.02. The molecule has 2 rings (SSSR count). The predicted octanol–water partition coefficient (Wildman–Crippen LogP) is 2.48. The van der Waals surface area contributed by atoms with Gasteiger partial charge in [0.25, 0.3) is 5.91 Å². The number of halogens is 2. The number of rotatable bonds is 3. The van der Waals surface area contributed by atoms with Gasteiger partial charge in [0, 0.05) is 19.2 Å². The van der Waals surface area contributed by atoms with E-state index in [9.17, 15) is 9.18 Å². The van der Waals surface area contributed by atoms with Crippen molar-refractivity contribution in [3.05, 3.63) is 29.0 Å². The second kappa shape index (κ2) is 5.36. The van der Waals surface area contributed by atoms with Crippen molar-refractivity contribution in [2.45, 2.75) is 12.8 Å². The van der Waals surface area contributed by atoms with Crippen LogP contribution in [0.5, 0.6) is 5.75 Å². The van der Waals surface area contributed by atoms with Gasteiger partial charge in [-0.2, -0.15) is 0 Å². The van der Waals surface area contributed by atoms with Gasteiger partial charge in [-0.25, -0.2) is 4.39 Å². The van der Waals surface area contributed by atoms with E-state index in [1.807, 2.05) is 0 Å². The van der Waals surface area contributed by atoms with E-state index in [1.54, 1.807) is 4.90 Å². The maximum Gasteiger partial charge on any atom is 0.260 e. The zero-order valence-electron chi connectivity index (χ0n) is 9.29. The number of hydrogen-bond acceptors (Lipinski definition) is 2. The third kappa shape index (κ3) is 3.09. The number of nitrogens with zero attached hydrogens (tertiary/aromatic N) is 1. The minimum Gasteiger partial charge on any atom is -0.482 e. The van der Waals surface area contributed by atoms with Crippen LogP contribution in [0.4, 0.5) is 4.39 Å². The molecule has 5 heteroatoms. The van der Waals surface area contributed by atoms with Gasteiger partial charge in [-0.05, 0) is 25.0 Å². The van der Waals surface area contributed by atoms with Crippen LogP contribution in [0.3, 0.4) is 0 Å². The van der Waals surface area contributed by atoms with Gasteiger partial charge < -0.3 is 9.64 Å². The van der Waals surface area contributed by atoms with Gasteiger partial charge in [-0.1, -0.05) is 11.6 Å². The molecule has 1 fully saturated rings. The summed E-state index contributed by atoms with van der Waals surface area (Å²) in [5.41, 5.74) is 0. The molecular formula is C12H13ClFNO2. The summed E-state index contributed by atoms with van der Waals surface area (Å²) in [7, 11) is 0. The van der Waals surface area contributed by atoms with Crippen molar-refractivity contribution in [3.8, 4) is 5.75 Å². The summed E-state index contributed by atoms with van der Waals surface area (Å²) in [4.78, 5) is 13.4. The van der Waals surface area contributed by atoms with E-state index in [4.69, 9.17) is 16.3 Å². The molecule has 1 heterocycles. The molecule has 0 bridgehead atoms. The minimum absolute atomic E-state index is 0.0807. The van der Waals surface area contributed by atoms with E-state index in [2.05, 4.69) is 0 Å². The van der Waals surface area contributed by atoms with E-state index in [0.717, 1.165) is 25.9 Å². The molecule has 0 aliphatic carbocycles. The monoisotopic (exact) mass is 257 g/mol. The fourth-order valence-corrected chi connectivity index (χ4v) is 1.96. The highest BCUT2D eigenvalue weighted by atomic mass is 35.5. The van der Waals surface area contributed by atoms with E-state index in [0.29, 0.717) is 5.02 Å². The van der Waals surface area contributed by atoms with E-state index in [1.165, 1.54) is 18.2 Å². The third-order valence-electron chi connectivity index (χ3n) is 2.70. The normalized spacial score (nSPS) is 15.1. The summed E-state index contributed by atoms with van der Waals surface area (Å²) in [6.07, 6.45) is 2.07. The Hall–Kier alpha value is -1.29. The zero-order chi connectivity index (χ0) is 12.3. The van der Waals surface area contributed by atoms with Gasteiger partial charge in [0.15, 0.2) is 6.61 Å². The first kappa shape index (κ1) is 12.2. The fourth-order valence-electron chi connectivity index (χ4n) is 1.79. The first-order chi connectivity index (χ1) is 8.16. The minimum atomic E-state index is -0.432. The molecule has 1 saturated heterocycles. The van der Waals surface area contributed by atoms with Crippen LogP contribution >= 0.6 is 11.6 Å². The average Bonchev–Trinajstić information content (AvgIpc) is 2.83. The highest BCUT2D eigenvalue weighted by Crippen LogP contribution is 2.25. The Bertz CT molecular complexity index is 419. The maximum atomic E-state index is 12.9. The van der Waals surface area contributed by atoms with E-state index < -0.39 is 5.82 Å². The van der Waals surface area contributed by atoms with Crippen LogP contribution in [0.2, 0.25) is 5.02 Å². The number of likely N-dealkylation sites (tertiary alicyclic amines) is 1. The quantitative estimate of drug-likeness (QED) is 0.833. The van der Waals surface area contributed by atoms with Gasteiger partial charge in [-0.3, -0.25) is 4.79 Å². The van der Waals surface area contributed by atoms with E-state index in [-0.39, 0.29) is 18.3 Å². The van der Waals surface area contributed by atoms with Crippen molar-refractivity contribution in [3.63, 3.8) is 0 Å². The summed E-state index contributed by atoms with van der Waals surface area (Å²) in [6.45, 7) is 1.46. The molecule has 1 amide bonds. The second-order valence-corrected chi connectivity index (χ2v) is 4.36. The molecule has 3 nitrogen and oxygen atoms in total. The van der Waals surface area contributed by atoms with Gasteiger partial charge >= 0.3 is 0 Å². The summed E-state index contributed by atoms with van der Waals surface area (Å²) in [5.74, 6) is -0.305. The Morgan fingerprint density at radius 1 is 1.41 bits per heavy atom. The van der Waals surface area contributed by atoms with Crippen molar-refractivity contribution in [2.75, 3.05) is 19.7 Å². The molecule has 17 heavy (non-hydrogen) atoms. The summed E-state index contributed by atoms with van der Waals surface area (Å²) < 4.78 is 18.2. The summed E-state index contributed by atoms with van der Waals surface area (Å²) in [5, 5.41) is 0.306. The summed E-state index contributed by atoms with van der Waals surface area (Å²) >= 11 is 5.82. The number of ether oxygens (including phenoxy) is 1. The lowest BCUT2D eigenvalue weighted by Crippen LogP contribution is -2.32. The van der Waals surface area contributed by atoms with Gasteiger partial charge in [0.2, 0.25) is 0 Å². The molecule has 0 spiro atoms. The molecule has 1 aliphatic heterocycles. The smallest absolute Gasteiger partial charge is 0.260 e. The Kier molecular flexibility index (Phi) is 3.84. The lowest BCUT2D eigenvalue weighted by molar-refractivity contribution is -0.132. The Balaban J connectivity index is 1.92. The molecule has 0 saturated carbocycles. The Labute approximate surface area is 104 Å². The number of carbonyl (C=O) groups excluding carboxylic acids is 1. The van der Waals surface area contributed by atoms with Crippen LogP contribution in [0.15, 0.2) is 18.2 Å². The Morgan fingerprint density at radius 2 is 2.12 bits per heavy atom. The van der Waals surface area contributed by atoms with Crippen LogP contribution in [0.1, 0.15) is 12.8 Å². The van der Waals surface area contributed by atoms with Crippen molar-refractivity contribution >= 4 is 17.5 Å². The maximum absolute atomic E-state index is 12.9. The van der Waals surface area contributed by atoms with Crippen molar-refractivity contribution in [1.82, 2.24) is 4.90 Å². The zero-order valence-corrected chi connectivity index (χ0v) is 10.0. The molecular weight excluding hydrogens is 245 g/mol. The molecule has 0 atom stereocenters. The van der Waals surface area contributed by atoms with E-state index >= 15 is 0 Å². The number of benzene rings is 1. The van der Waals surface area contributed by atoms with Gasteiger partial charge in [0.1, 0.15) is 11.6 Å². The molecule has 0 radical (unpaired) electrons. The van der Waals surface area contributed by atoms with Crippen molar-refractivity contribution in [2.24, 2.45) is 0 Å². The first-order valence-corrected chi connectivity index (χ1v) is 5.90. The lowest BCUT2D eigenvalue weighted by atomic mass is 10.3. The average molecular weight is 258 g/mol. The SMILES string of the molecule is O=C(COc1cc(F)ccc1Cl)N1CCCC1. The fraction of sp³-hybridized carbons (Fsp3) is 0.417. The highest BCUT2D eigenvalue weighted by molar-refractivity contribution is 6.32. The predicted molar refractivity (Wildman–Crippen MR) is 62.7 cm³/mol. The molecule has 92 valence electrons. The van der Waals surface area contributed by atoms with Crippen LogP contribution in [-0.2, 0) is 4.79 Å². The number of carbonyl (C=O) groups is 1. The molecule has 1 aromatic carbocycles. The molecule has 1 aliphatic rings. The van der Waals surface area contributed by atoms with Crippen molar-refractivity contribution in [1.29, 1.82) is 0 Å². The van der Waals surface area contributed by atoms with Crippen LogP contribution in [-0.4, -0.2) is 30.5 Å². The molecule has 0 aromatic heterocycles. The van der Waals surface area contributed by atoms with Gasteiger partial charge in [0.05, 0.1) is 5.02 Å². The largest absolute Gasteiger partial charge is 0.482 e.